The average Bonchev–Trinajstić information content (AvgIpc) is 2.84. The first kappa shape index (κ1) is 33.2. The number of phosphoric acid groups is 1. The quantitative estimate of drug-likeness (QED) is 0.0573. The van der Waals surface area contributed by atoms with Gasteiger partial charge in [0.1, 0.15) is 0 Å². The molecule has 0 aliphatic heterocycles. The van der Waals surface area contributed by atoms with E-state index in [4.69, 9.17) is 31.4 Å². The molecule has 0 aliphatic carbocycles. The summed E-state index contributed by atoms with van der Waals surface area (Å²) in [6.07, 6.45) is 25.5. The van der Waals surface area contributed by atoms with E-state index in [0.29, 0.717) is 13.2 Å². The standard InChI is InChI=1S/C26H43O8P/c1-3-25(27)31-21-17-13-9-5-7-11-15-19-23-33-35(29,30)34-24-20-16-12-8-6-10-14-18-22-32-26(28)4-2/h1-2H,5-24H2,(H,29,30). The van der Waals surface area contributed by atoms with Crippen LogP contribution in [0.15, 0.2) is 0 Å². The summed E-state index contributed by atoms with van der Waals surface area (Å²) in [6.45, 7) is 1.19. The molecule has 200 valence electrons. The Kier molecular flexibility index (Phi) is 22.6. The largest absolute Gasteiger partial charge is 0.472 e. The van der Waals surface area contributed by atoms with Gasteiger partial charge in [0.15, 0.2) is 0 Å². The van der Waals surface area contributed by atoms with E-state index in [0.717, 1.165) is 103 Å². The number of rotatable bonds is 24. The van der Waals surface area contributed by atoms with Crippen LogP contribution < -0.4 is 0 Å². The van der Waals surface area contributed by atoms with E-state index in [2.05, 4.69) is 0 Å². The molecule has 0 saturated carbocycles. The van der Waals surface area contributed by atoms with Crippen LogP contribution in [0.3, 0.4) is 0 Å². The first-order chi connectivity index (χ1) is 16.9. The third-order valence-electron chi connectivity index (χ3n) is 5.29. The molecule has 0 aromatic heterocycles. The molecule has 0 saturated heterocycles. The third kappa shape index (κ3) is 25.1. The number of carbonyl (C=O) groups excluding carboxylic acids is 2. The van der Waals surface area contributed by atoms with Crippen molar-refractivity contribution >= 4 is 19.8 Å². The fourth-order valence-corrected chi connectivity index (χ4v) is 4.13. The average molecular weight is 515 g/mol. The highest BCUT2D eigenvalue weighted by Crippen LogP contribution is 2.43. The lowest BCUT2D eigenvalue weighted by Gasteiger charge is -2.12. The maximum Gasteiger partial charge on any atom is 0.472 e. The zero-order chi connectivity index (χ0) is 26.0. The lowest BCUT2D eigenvalue weighted by atomic mass is 10.1. The van der Waals surface area contributed by atoms with Gasteiger partial charge in [-0.25, -0.2) is 14.2 Å². The molecule has 0 aliphatic rings. The Morgan fingerprint density at radius 3 is 1.09 bits per heavy atom. The number of unbranched alkanes of at least 4 members (excludes halogenated alkanes) is 14. The second-order valence-corrected chi connectivity index (χ2v) is 9.81. The van der Waals surface area contributed by atoms with Gasteiger partial charge in [0.2, 0.25) is 0 Å². The van der Waals surface area contributed by atoms with E-state index in [1.807, 2.05) is 11.8 Å². The van der Waals surface area contributed by atoms with Crippen LogP contribution in [-0.2, 0) is 32.7 Å². The zero-order valence-corrected chi connectivity index (χ0v) is 21.9. The van der Waals surface area contributed by atoms with Crippen LogP contribution in [0.4, 0.5) is 0 Å². The summed E-state index contributed by atoms with van der Waals surface area (Å²) in [4.78, 5) is 31.3. The molecule has 0 aromatic rings. The van der Waals surface area contributed by atoms with Crippen molar-refractivity contribution in [1.82, 2.24) is 0 Å². The zero-order valence-electron chi connectivity index (χ0n) is 21.0. The van der Waals surface area contributed by atoms with Gasteiger partial charge in [-0.1, -0.05) is 77.0 Å². The van der Waals surface area contributed by atoms with Crippen molar-refractivity contribution in [1.29, 1.82) is 0 Å². The second kappa shape index (κ2) is 23.9. The molecule has 0 amide bonds. The highest BCUT2D eigenvalue weighted by atomic mass is 31.2. The van der Waals surface area contributed by atoms with Crippen molar-refractivity contribution in [2.24, 2.45) is 0 Å². The summed E-state index contributed by atoms with van der Waals surface area (Å²) in [6, 6.07) is 0. The Bertz CT molecular complexity index is 626. The molecular formula is C26H43O8P. The number of hydrogen-bond donors (Lipinski definition) is 1. The molecule has 0 rings (SSSR count). The number of esters is 2. The van der Waals surface area contributed by atoms with Crippen LogP contribution in [-0.4, -0.2) is 43.3 Å². The van der Waals surface area contributed by atoms with Crippen LogP contribution in [0.5, 0.6) is 0 Å². The Hall–Kier alpha value is -1.83. The van der Waals surface area contributed by atoms with E-state index in [9.17, 15) is 19.0 Å². The van der Waals surface area contributed by atoms with E-state index < -0.39 is 19.8 Å². The molecule has 0 radical (unpaired) electrons. The molecule has 0 unspecified atom stereocenters. The lowest BCUT2D eigenvalue weighted by molar-refractivity contribution is -0.137. The molecule has 0 aromatic carbocycles. The minimum atomic E-state index is -3.96. The molecule has 0 atom stereocenters. The minimum Gasteiger partial charge on any atom is -0.456 e. The number of phosphoric ester groups is 1. The summed E-state index contributed by atoms with van der Waals surface area (Å²) in [7, 11) is -3.96. The fourth-order valence-electron chi connectivity index (χ4n) is 3.34. The molecule has 9 heteroatoms. The molecule has 0 heterocycles. The molecule has 35 heavy (non-hydrogen) atoms. The van der Waals surface area contributed by atoms with Gasteiger partial charge in [-0.3, -0.25) is 9.05 Å². The predicted octanol–water partition coefficient (Wildman–Crippen LogP) is 5.71. The van der Waals surface area contributed by atoms with Crippen LogP contribution in [0.25, 0.3) is 0 Å². The van der Waals surface area contributed by atoms with Gasteiger partial charge in [-0.05, 0) is 25.7 Å². The number of hydrogen-bond acceptors (Lipinski definition) is 7. The topological polar surface area (TPSA) is 108 Å². The summed E-state index contributed by atoms with van der Waals surface area (Å²) >= 11 is 0. The van der Waals surface area contributed by atoms with E-state index in [1.54, 1.807) is 0 Å². The van der Waals surface area contributed by atoms with Gasteiger partial charge in [-0.2, -0.15) is 0 Å². The van der Waals surface area contributed by atoms with Crippen LogP contribution in [0.2, 0.25) is 0 Å². The summed E-state index contributed by atoms with van der Waals surface area (Å²) in [5.41, 5.74) is 0. The van der Waals surface area contributed by atoms with Crippen LogP contribution in [0.1, 0.15) is 103 Å². The number of carbonyl (C=O) groups is 2. The van der Waals surface area contributed by atoms with Gasteiger partial charge in [0.25, 0.3) is 0 Å². The van der Waals surface area contributed by atoms with Crippen molar-refractivity contribution in [3.63, 3.8) is 0 Å². The van der Waals surface area contributed by atoms with Crippen LogP contribution in [0, 0.1) is 24.7 Å². The van der Waals surface area contributed by atoms with Crippen molar-refractivity contribution in [3.05, 3.63) is 0 Å². The lowest BCUT2D eigenvalue weighted by Crippen LogP contribution is -2.02. The van der Waals surface area contributed by atoms with Crippen molar-refractivity contribution in [2.45, 2.75) is 103 Å². The molecule has 0 spiro atoms. The van der Waals surface area contributed by atoms with Gasteiger partial charge in [-0.15, -0.1) is 12.8 Å². The van der Waals surface area contributed by atoms with Gasteiger partial charge in [0.05, 0.1) is 26.4 Å². The van der Waals surface area contributed by atoms with E-state index >= 15 is 0 Å². The molecule has 8 nitrogen and oxygen atoms in total. The molecule has 0 fully saturated rings. The number of ether oxygens (including phenoxy) is 2. The fraction of sp³-hybridized carbons (Fsp3) is 0.769. The van der Waals surface area contributed by atoms with E-state index in [1.165, 1.54) is 0 Å². The first-order valence-corrected chi connectivity index (χ1v) is 14.3. The summed E-state index contributed by atoms with van der Waals surface area (Å²) in [5.74, 6) is 2.62. The smallest absolute Gasteiger partial charge is 0.456 e. The first-order valence-electron chi connectivity index (χ1n) is 12.8. The Morgan fingerprint density at radius 1 is 0.543 bits per heavy atom. The van der Waals surface area contributed by atoms with Gasteiger partial charge >= 0.3 is 19.8 Å². The normalized spacial score (nSPS) is 10.9. The maximum atomic E-state index is 11.9. The number of terminal acetylenes is 2. The third-order valence-corrected chi connectivity index (χ3v) is 6.31. The van der Waals surface area contributed by atoms with Crippen molar-refractivity contribution in [3.8, 4) is 24.7 Å². The minimum absolute atomic E-state index is 0.219. The Labute approximate surface area is 211 Å². The maximum absolute atomic E-state index is 11.9. The van der Waals surface area contributed by atoms with Crippen LogP contribution >= 0.6 is 7.82 Å². The molecule has 0 bridgehead atoms. The Morgan fingerprint density at radius 2 is 0.800 bits per heavy atom. The highest BCUT2D eigenvalue weighted by molar-refractivity contribution is 7.47. The Balaban J connectivity index is 3.37. The van der Waals surface area contributed by atoms with Gasteiger partial charge < -0.3 is 14.4 Å². The predicted molar refractivity (Wildman–Crippen MR) is 135 cm³/mol. The van der Waals surface area contributed by atoms with Gasteiger partial charge in [0, 0.05) is 11.8 Å². The summed E-state index contributed by atoms with van der Waals surface area (Å²) in [5, 5.41) is 0. The van der Waals surface area contributed by atoms with E-state index in [-0.39, 0.29) is 13.2 Å². The van der Waals surface area contributed by atoms with Crippen molar-refractivity contribution < 1.29 is 37.6 Å². The highest BCUT2D eigenvalue weighted by Gasteiger charge is 2.19. The van der Waals surface area contributed by atoms with Crippen molar-refractivity contribution in [2.75, 3.05) is 26.4 Å². The molecule has 1 N–H and O–H groups in total. The molecular weight excluding hydrogens is 471 g/mol. The summed E-state index contributed by atoms with van der Waals surface area (Å²) < 4.78 is 31.6. The monoisotopic (exact) mass is 514 g/mol. The SMILES string of the molecule is C#CC(=O)OCCCCCCCCCCOP(=O)(O)OCCCCCCCCCCOC(=O)C#C. The second-order valence-electron chi connectivity index (χ2n) is 8.35.